The van der Waals surface area contributed by atoms with Crippen LogP contribution in [0.15, 0.2) is 36.4 Å². The minimum atomic E-state index is -0.0605. The molecule has 3 heteroatoms. The Hall–Kier alpha value is -1.80. The van der Waals surface area contributed by atoms with E-state index in [0.717, 1.165) is 12.8 Å². The van der Waals surface area contributed by atoms with Crippen LogP contribution in [0.2, 0.25) is 5.02 Å². The lowest BCUT2D eigenvalue weighted by atomic mass is 9.98. The van der Waals surface area contributed by atoms with Crippen LogP contribution in [-0.2, 0) is 12.8 Å². The first-order valence-electron chi connectivity index (χ1n) is 6.37. The quantitative estimate of drug-likeness (QED) is 0.669. The molecule has 2 aromatic carbocycles. The molecule has 0 saturated carbocycles. The van der Waals surface area contributed by atoms with Crippen molar-refractivity contribution in [3.8, 4) is 0 Å². The van der Waals surface area contributed by atoms with Gasteiger partial charge < -0.3 is 5.73 Å². The number of nitrogens with two attached hydrogens (primary N) is 1. The molecule has 0 bridgehead atoms. The van der Waals surface area contributed by atoms with Gasteiger partial charge in [-0.15, -0.1) is 0 Å². The molecule has 96 valence electrons. The molecule has 3 rings (SSSR count). The lowest BCUT2D eigenvalue weighted by Crippen LogP contribution is -2.06. The van der Waals surface area contributed by atoms with Crippen LogP contribution in [0.4, 0.5) is 5.69 Å². The third-order valence-corrected chi connectivity index (χ3v) is 3.99. The smallest absolute Gasteiger partial charge is 0.195 e. The van der Waals surface area contributed by atoms with Gasteiger partial charge in [-0.25, -0.2) is 0 Å². The molecule has 2 aromatic rings. The molecule has 1 aliphatic rings. The number of anilines is 1. The predicted octanol–water partition coefficient (Wildman–Crippen LogP) is 3.64. The number of fused-ring (bicyclic) bond motifs is 1. The first kappa shape index (κ1) is 12.2. The van der Waals surface area contributed by atoms with Crippen LogP contribution in [0.1, 0.15) is 33.5 Å². The number of para-hydroxylation sites is 1. The van der Waals surface area contributed by atoms with E-state index in [2.05, 4.69) is 6.07 Å². The fraction of sp³-hybridized carbons (Fsp3) is 0.188. The molecule has 0 spiro atoms. The van der Waals surface area contributed by atoms with Crippen LogP contribution >= 0.6 is 11.6 Å². The number of hydrogen-bond acceptors (Lipinski definition) is 2. The van der Waals surface area contributed by atoms with E-state index in [-0.39, 0.29) is 5.78 Å². The van der Waals surface area contributed by atoms with Gasteiger partial charge in [0.05, 0.1) is 10.7 Å². The SMILES string of the molecule is Nc1c(Cl)cccc1C(=O)c1ccc2c(c1)CCC2. The first-order chi connectivity index (χ1) is 9.16. The molecule has 0 aromatic heterocycles. The summed E-state index contributed by atoms with van der Waals surface area (Å²) in [6.07, 6.45) is 3.34. The highest BCUT2D eigenvalue weighted by atomic mass is 35.5. The molecule has 0 saturated heterocycles. The van der Waals surface area contributed by atoms with Gasteiger partial charge in [0, 0.05) is 11.1 Å². The standard InChI is InChI=1S/C16H14ClNO/c17-14-6-2-5-13(15(14)18)16(19)12-8-7-10-3-1-4-11(10)9-12/h2,5-9H,1,3-4,18H2. The molecule has 0 aliphatic heterocycles. The second-order valence-electron chi connectivity index (χ2n) is 4.87. The van der Waals surface area contributed by atoms with Crippen LogP contribution in [0, 0.1) is 0 Å². The Bertz CT molecular complexity index is 664. The van der Waals surface area contributed by atoms with Gasteiger partial charge >= 0.3 is 0 Å². The summed E-state index contributed by atoms with van der Waals surface area (Å²) >= 11 is 5.96. The van der Waals surface area contributed by atoms with Crippen molar-refractivity contribution in [3.63, 3.8) is 0 Å². The third-order valence-electron chi connectivity index (χ3n) is 3.66. The van der Waals surface area contributed by atoms with Crippen molar-refractivity contribution in [2.24, 2.45) is 0 Å². The lowest BCUT2D eigenvalue weighted by molar-refractivity contribution is 0.103. The molecule has 1 aliphatic carbocycles. The van der Waals surface area contributed by atoms with E-state index in [4.69, 9.17) is 17.3 Å². The zero-order chi connectivity index (χ0) is 13.4. The second-order valence-corrected chi connectivity index (χ2v) is 5.27. The van der Waals surface area contributed by atoms with E-state index in [1.807, 2.05) is 12.1 Å². The Labute approximate surface area is 117 Å². The average molecular weight is 272 g/mol. The van der Waals surface area contributed by atoms with Gasteiger partial charge in [-0.3, -0.25) is 4.79 Å². The van der Waals surface area contributed by atoms with Crippen molar-refractivity contribution < 1.29 is 4.79 Å². The van der Waals surface area contributed by atoms with Gasteiger partial charge in [0.1, 0.15) is 0 Å². The molecule has 0 atom stereocenters. The summed E-state index contributed by atoms with van der Waals surface area (Å²) < 4.78 is 0. The Morgan fingerprint density at radius 1 is 1.11 bits per heavy atom. The van der Waals surface area contributed by atoms with Crippen LogP contribution < -0.4 is 5.73 Å². The maximum absolute atomic E-state index is 12.5. The van der Waals surface area contributed by atoms with Crippen LogP contribution in [0.3, 0.4) is 0 Å². The van der Waals surface area contributed by atoms with Crippen molar-refractivity contribution in [2.45, 2.75) is 19.3 Å². The highest BCUT2D eigenvalue weighted by Crippen LogP contribution is 2.27. The molecule has 0 fully saturated rings. The molecule has 0 amide bonds. The zero-order valence-electron chi connectivity index (χ0n) is 10.4. The Balaban J connectivity index is 2.02. The number of benzene rings is 2. The summed E-state index contributed by atoms with van der Waals surface area (Å²) in [5.74, 6) is -0.0605. The van der Waals surface area contributed by atoms with Gasteiger partial charge in [-0.2, -0.15) is 0 Å². The molecule has 2 N–H and O–H groups in total. The molecular formula is C16H14ClNO. The van der Waals surface area contributed by atoms with Crippen molar-refractivity contribution in [1.82, 2.24) is 0 Å². The topological polar surface area (TPSA) is 43.1 Å². The molecular weight excluding hydrogens is 258 g/mol. The molecule has 0 radical (unpaired) electrons. The number of carbonyl (C=O) groups excluding carboxylic acids is 1. The Morgan fingerprint density at radius 3 is 2.74 bits per heavy atom. The Morgan fingerprint density at radius 2 is 1.89 bits per heavy atom. The van der Waals surface area contributed by atoms with E-state index in [1.54, 1.807) is 18.2 Å². The summed E-state index contributed by atoms with van der Waals surface area (Å²) in [5.41, 5.74) is 10.0. The maximum Gasteiger partial charge on any atom is 0.195 e. The van der Waals surface area contributed by atoms with Crippen LogP contribution in [-0.4, -0.2) is 5.78 Å². The second kappa shape index (κ2) is 4.71. The molecule has 2 nitrogen and oxygen atoms in total. The van der Waals surface area contributed by atoms with Crippen LogP contribution in [0.5, 0.6) is 0 Å². The van der Waals surface area contributed by atoms with E-state index in [0.29, 0.717) is 21.8 Å². The summed E-state index contributed by atoms with van der Waals surface area (Å²) in [6.45, 7) is 0. The van der Waals surface area contributed by atoms with Crippen LogP contribution in [0.25, 0.3) is 0 Å². The van der Waals surface area contributed by atoms with Gasteiger partial charge in [0.2, 0.25) is 0 Å². The van der Waals surface area contributed by atoms with E-state index >= 15 is 0 Å². The fourth-order valence-corrected chi connectivity index (χ4v) is 2.78. The van der Waals surface area contributed by atoms with E-state index < -0.39 is 0 Å². The number of hydrogen-bond donors (Lipinski definition) is 1. The fourth-order valence-electron chi connectivity index (χ4n) is 2.60. The number of halogens is 1. The normalized spacial score (nSPS) is 13.3. The van der Waals surface area contributed by atoms with Gasteiger partial charge in [-0.05, 0) is 48.6 Å². The summed E-state index contributed by atoms with van der Waals surface area (Å²) in [6, 6.07) is 11.1. The Kier molecular flexibility index (Phi) is 3.03. The van der Waals surface area contributed by atoms with Crippen molar-refractivity contribution in [3.05, 3.63) is 63.7 Å². The zero-order valence-corrected chi connectivity index (χ0v) is 11.2. The van der Waals surface area contributed by atoms with Crippen molar-refractivity contribution in [1.29, 1.82) is 0 Å². The van der Waals surface area contributed by atoms with E-state index in [1.165, 1.54) is 17.5 Å². The number of ketones is 1. The van der Waals surface area contributed by atoms with Gasteiger partial charge in [0.25, 0.3) is 0 Å². The number of nitrogen functional groups attached to an aromatic ring is 1. The highest BCUT2D eigenvalue weighted by Gasteiger charge is 2.17. The largest absolute Gasteiger partial charge is 0.397 e. The minimum Gasteiger partial charge on any atom is -0.397 e. The highest BCUT2D eigenvalue weighted by molar-refractivity contribution is 6.34. The summed E-state index contributed by atoms with van der Waals surface area (Å²) in [5, 5.41) is 0.423. The summed E-state index contributed by atoms with van der Waals surface area (Å²) in [4.78, 5) is 12.5. The average Bonchev–Trinajstić information content (AvgIpc) is 2.88. The number of aryl methyl sites for hydroxylation is 2. The minimum absolute atomic E-state index is 0.0605. The first-order valence-corrected chi connectivity index (χ1v) is 6.75. The maximum atomic E-state index is 12.5. The number of carbonyl (C=O) groups is 1. The number of rotatable bonds is 2. The molecule has 19 heavy (non-hydrogen) atoms. The third kappa shape index (κ3) is 2.13. The van der Waals surface area contributed by atoms with E-state index in [9.17, 15) is 4.79 Å². The van der Waals surface area contributed by atoms with Crippen molar-refractivity contribution >= 4 is 23.1 Å². The van der Waals surface area contributed by atoms with Crippen molar-refractivity contribution in [2.75, 3.05) is 5.73 Å². The monoisotopic (exact) mass is 271 g/mol. The lowest BCUT2D eigenvalue weighted by Gasteiger charge is -2.08. The predicted molar refractivity (Wildman–Crippen MR) is 77.8 cm³/mol. The molecule has 0 unspecified atom stereocenters. The van der Waals surface area contributed by atoms with Gasteiger partial charge in [-0.1, -0.05) is 29.8 Å². The van der Waals surface area contributed by atoms with Gasteiger partial charge in [0.15, 0.2) is 5.78 Å². The molecule has 0 heterocycles. The summed E-state index contributed by atoms with van der Waals surface area (Å²) in [7, 11) is 0.